The lowest BCUT2D eigenvalue weighted by Gasteiger charge is -2.36. The molecule has 2 fully saturated rings. The van der Waals surface area contributed by atoms with Gasteiger partial charge in [0, 0.05) is 29.9 Å². The Kier molecular flexibility index (Phi) is 4.85. The number of thiazole rings is 1. The minimum Gasteiger partial charge on any atom is -0.345 e. The number of hydrogen-bond donors (Lipinski definition) is 1. The van der Waals surface area contributed by atoms with Gasteiger partial charge >= 0.3 is 0 Å². The van der Waals surface area contributed by atoms with E-state index in [-0.39, 0.29) is 0 Å². The monoisotopic (exact) mass is 307 g/mol. The predicted molar refractivity (Wildman–Crippen MR) is 91.3 cm³/mol. The van der Waals surface area contributed by atoms with Crippen molar-refractivity contribution in [1.82, 2.24) is 10.3 Å². The number of piperidine rings is 1. The molecule has 1 saturated heterocycles. The third kappa shape index (κ3) is 3.59. The molecule has 1 aromatic rings. The zero-order valence-corrected chi connectivity index (χ0v) is 14.5. The van der Waals surface area contributed by atoms with Crippen LogP contribution in [0.4, 0.5) is 5.13 Å². The Bertz CT molecular complexity index is 467. The Morgan fingerprint density at radius 3 is 2.76 bits per heavy atom. The molecule has 1 aromatic heterocycles. The van der Waals surface area contributed by atoms with Crippen molar-refractivity contribution in [3.63, 3.8) is 0 Å². The molecule has 0 radical (unpaired) electrons. The van der Waals surface area contributed by atoms with Crippen molar-refractivity contribution in [3.05, 3.63) is 10.6 Å². The summed E-state index contributed by atoms with van der Waals surface area (Å²) in [7, 11) is 0. The fraction of sp³-hybridized carbons (Fsp3) is 0.824. The minimum absolute atomic E-state index is 0.649. The molecule has 2 heterocycles. The smallest absolute Gasteiger partial charge is 0.186 e. The first-order valence-corrected chi connectivity index (χ1v) is 9.47. The van der Waals surface area contributed by atoms with Gasteiger partial charge in [0.05, 0.1) is 5.69 Å². The highest BCUT2D eigenvalue weighted by Gasteiger charge is 2.32. The van der Waals surface area contributed by atoms with Gasteiger partial charge in [0.1, 0.15) is 0 Å². The van der Waals surface area contributed by atoms with Crippen molar-refractivity contribution in [2.24, 2.45) is 5.92 Å². The number of hydrogen-bond acceptors (Lipinski definition) is 4. The molecule has 0 bridgehead atoms. The molecule has 4 heteroatoms. The SMILES string of the molecule is CCCNCc1sc(N2CC(C)CCC2C)nc1C1CC1. The van der Waals surface area contributed by atoms with Crippen LogP contribution in [0.1, 0.15) is 69.4 Å². The van der Waals surface area contributed by atoms with Gasteiger partial charge in [0.2, 0.25) is 0 Å². The first kappa shape index (κ1) is 15.3. The lowest BCUT2D eigenvalue weighted by molar-refractivity contribution is 0.390. The van der Waals surface area contributed by atoms with E-state index >= 15 is 0 Å². The van der Waals surface area contributed by atoms with Crippen LogP contribution in [0.2, 0.25) is 0 Å². The number of aromatic nitrogens is 1. The van der Waals surface area contributed by atoms with Crippen molar-refractivity contribution < 1.29 is 0 Å². The Morgan fingerprint density at radius 1 is 1.24 bits per heavy atom. The normalized spacial score (nSPS) is 26.3. The number of rotatable bonds is 6. The molecule has 1 aliphatic heterocycles. The molecule has 21 heavy (non-hydrogen) atoms. The summed E-state index contributed by atoms with van der Waals surface area (Å²) in [5.74, 6) is 1.56. The third-order valence-electron chi connectivity index (χ3n) is 4.76. The van der Waals surface area contributed by atoms with E-state index in [9.17, 15) is 0 Å². The van der Waals surface area contributed by atoms with Crippen molar-refractivity contribution in [3.8, 4) is 0 Å². The second-order valence-corrected chi connectivity index (χ2v) is 8.00. The first-order chi connectivity index (χ1) is 10.2. The molecular formula is C17H29N3S. The van der Waals surface area contributed by atoms with Gasteiger partial charge in [-0.3, -0.25) is 0 Å². The molecule has 0 amide bonds. The number of anilines is 1. The Morgan fingerprint density at radius 2 is 2.05 bits per heavy atom. The van der Waals surface area contributed by atoms with E-state index in [0.717, 1.165) is 24.9 Å². The molecule has 0 spiro atoms. The van der Waals surface area contributed by atoms with E-state index in [1.807, 2.05) is 11.3 Å². The summed E-state index contributed by atoms with van der Waals surface area (Å²) in [6.45, 7) is 10.3. The van der Waals surface area contributed by atoms with E-state index in [1.54, 1.807) is 0 Å². The predicted octanol–water partition coefficient (Wildman–Crippen LogP) is 4.14. The molecular weight excluding hydrogens is 278 g/mol. The fourth-order valence-corrected chi connectivity index (χ4v) is 4.44. The third-order valence-corrected chi connectivity index (χ3v) is 5.86. The zero-order chi connectivity index (χ0) is 14.8. The topological polar surface area (TPSA) is 28.2 Å². The molecule has 0 aromatic carbocycles. The van der Waals surface area contributed by atoms with Gasteiger partial charge in [0.15, 0.2) is 5.13 Å². The van der Waals surface area contributed by atoms with Gasteiger partial charge in [0.25, 0.3) is 0 Å². The summed E-state index contributed by atoms with van der Waals surface area (Å²) < 4.78 is 0. The van der Waals surface area contributed by atoms with Crippen LogP contribution in [0.25, 0.3) is 0 Å². The Balaban J connectivity index is 1.76. The van der Waals surface area contributed by atoms with Crippen molar-refractivity contribution in [1.29, 1.82) is 0 Å². The summed E-state index contributed by atoms with van der Waals surface area (Å²) in [6.07, 6.45) is 6.56. The van der Waals surface area contributed by atoms with E-state index in [1.165, 1.54) is 54.4 Å². The highest BCUT2D eigenvalue weighted by molar-refractivity contribution is 7.15. The molecule has 2 atom stereocenters. The quantitative estimate of drug-likeness (QED) is 0.800. The van der Waals surface area contributed by atoms with Crippen molar-refractivity contribution >= 4 is 16.5 Å². The largest absolute Gasteiger partial charge is 0.345 e. The van der Waals surface area contributed by atoms with Crippen LogP contribution in [0, 0.1) is 5.92 Å². The zero-order valence-electron chi connectivity index (χ0n) is 13.7. The van der Waals surface area contributed by atoms with Gasteiger partial charge in [-0.25, -0.2) is 4.98 Å². The van der Waals surface area contributed by atoms with Crippen LogP contribution in [0.3, 0.4) is 0 Å². The summed E-state index contributed by atoms with van der Waals surface area (Å²) in [6, 6.07) is 0.649. The van der Waals surface area contributed by atoms with Crippen molar-refractivity contribution in [2.75, 3.05) is 18.0 Å². The molecule has 1 N–H and O–H groups in total. The summed E-state index contributed by atoms with van der Waals surface area (Å²) >= 11 is 1.94. The summed E-state index contributed by atoms with van der Waals surface area (Å²) in [4.78, 5) is 9.12. The second-order valence-electron chi connectivity index (χ2n) is 6.94. The molecule has 2 unspecified atom stereocenters. The fourth-order valence-electron chi connectivity index (χ4n) is 3.21. The van der Waals surface area contributed by atoms with Crippen LogP contribution in [0.15, 0.2) is 0 Å². The maximum absolute atomic E-state index is 5.06. The van der Waals surface area contributed by atoms with Gasteiger partial charge < -0.3 is 10.2 Å². The molecule has 3 nitrogen and oxygen atoms in total. The Hall–Kier alpha value is -0.610. The van der Waals surface area contributed by atoms with Gasteiger partial charge in [-0.15, -0.1) is 11.3 Å². The average molecular weight is 308 g/mol. The number of nitrogens with one attached hydrogen (secondary N) is 1. The van der Waals surface area contributed by atoms with Crippen LogP contribution in [-0.4, -0.2) is 24.1 Å². The highest BCUT2D eigenvalue weighted by atomic mass is 32.1. The second kappa shape index (κ2) is 6.66. The standard InChI is InChI=1S/C17H29N3S/c1-4-9-18-10-15-16(14-7-8-14)19-17(21-15)20-11-12(2)5-6-13(20)3/h12-14,18H,4-11H2,1-3H3. The van der Waals surface area contributed by atoms with Crippen LogP contribution in [-0.2, 0) is 6.54 Å². The van der Waals surface area contributed by atoms with Gasteiger partial charge in [-0.2, -0.15) is 0 Å². The average Bonchev–Trinajstić information content (AvgIpc) is 3.23. The van der Waals surface area contributed by atoms with Gasteiger partial charge in [-0.05, 0) is 51.5 Å². The summed E-state index contributed by atoms with van der Waals surface area (Å²) in [5, 5.41) is 4.84. The maximum atomic E-state index is 5.06. The Labute approximate surface area is 133 Å². The minimum atomic E-state index is 0.649. The van der Waals surface area contributed by atoms with E-state index < -0.39 is 0 Å². The lowest BCUT2D eigenvalue weighted by atomic mass is 9.96. The van der Waals surface area contributed by atoms with Gasteiger partial charge in [-0.1, -0.05) is 13.8 Å². The van der Waals surface area contributed by atoms with E-state index in [2.05, 4.69) is 31.0 Å². The lowest BCUT2D eigenvalue weighted by Crippen LogP contribution is -2.41. The number of nitrogens with zero attached hydrogens (tertiary/aromatic N) is 2. The molecule has 118 valence electrons. The molecule has 3 rings (SSSR count). The van der Waals surface area contributed by atoms with Crippen LogP contribution < -0.4 is 10.2 Å². The molecule has 1 saturated carbocycles. The van der Waals surface area contributed by atoms with Crippen LogP contribution in [0.5, 0.6) is 0 Å². The first-order valence-electron chi connectivity index (χ1n) is 8.66. The highest BCUT2D eigenvalue weighted by Crippen LogP contribution is 2.45. The molecule has 2 aliphatic rings. The van der Waals surface area contributed by atoms with E-state index in [4.69, 9.17) is 4.98 Å². The van der Waals surface area contributed by atoms with Crippen molar-refractivity contribution in [2.45, 2.75) is 71.4 Å². The summed E-state index contributed by atoms with van der Waals surface area (Å²) in [5.41, 5.74) is 1.41. The molecule has 1 aliphatic carbocycles. The van der Waals surface area contributed by atoms with E-state index in [0.29, 0.717) is 6.04 Å². The van der Waals surface area contributed by atoms with Crippen LogP contribution >= 0.6 is 11.3 Å². The maximum Gasteiger partial charge on any atom is 0.186 e.